The number of rotatable bonds is 3. The van der Waals surface area contributed by atoms with Crippen molar-refractivity contribution < 1.29 is 22.6 Å². The van der Waals surface area contributed by atoms with Gasteiger partial charge in [0.25, 0.3) is 0 Å². The highest BCUT2D eigenvalue weighted by atomic mass is 35.5. The van der Waals surface area contributed by atoms with Crippen molar-refractivity contribution in [3.63, 3.8) is 0 Å². The molecule has 0 aliphatic carbocycles. The van der Waals surface area contributed by atoms with Crippen molar-refractivity contribution in [2.24, 2.45) is 0 Å². The lowest BCUT2D eigenvalue weighted by Crippen LogP contribution is -2.33. The predicted molar refractivity (Wildman–Crippen MR) is 82.4 cm³/mol. The van der Waals surface area contributed by atoms with Crippen LogP contribution in [0.2, 0.25) is 5.02 Å². The zero-order chi connectivity index (χ0) is 17.3. The van der Waals surface area contributed by atoms with Crippen molar-refractivity contribution in [3.8, 4) is 17.5 Å². The minimum atomic E-state index is -4.49. The van der Waals surface area contributed by atoms with Crippen molar-refractivity contribution in [3.05, 3.63) is 46.8 Å². The Kier molecular flexibility index (Phi) is 4.36. The summed E-state index contributed by atoms with van der Waals surface area (Å²) in [7, 11) is 0. The molecule has 0 saturated heterocycles. The van der Waals surface area contributed by atoms with E-state index >= 15 is 0 Å². The SMILES string of the molecule is CCc1cnc(Oc2cc3c(cc2Cl)C=CC(C(F)(F)F)O3)nc1. The lowest BCUT2D eigenvalue weighted by Gasteiger charge is -2.24. The van der Waals surface area contributed by atoms with Crippen LogP contribution in [0.4, 0.5) is 13.2 Å². The van der Waals surface area contributed by atoms with E-state index in [1.807, 2.05) is 6.92 Å². The van der Waals surface area contributed by atoms with E-state index < -0.39 is 12.3 Å². The molecule has 1 aromatic heterocycles. The van der Waals surface area contributed by atoms with E-state index in [2.05, 4.69) is 9.97 Å². The predicted octanol–water partition coefficient (Wildman–Crippen LogP) is 4.82. The molecular weight excluding hydrogens is 345 g/mol. The van der Waals surface area contributed by atoms with Crippen molar-refractivity contribution in [2.75, 3.05) is 0 Å². The molecular formula is C16H12ClF3N2O2. The van der Waals surface area contributed by atoms with Crippen LogP contribution in [-0.2, 0) is 6.42 Å². The Balaban J connectivity index is 1.87. The maximum atomic E-state index is 12.8. The van der Waals surface area contributed by atoms with Crippen molar-refractivity contribution in [1.29, 1.82) is 0 Å². The van der Waals surface area contributed by atoms with Crippen molar-refractivity contribution in [2.45, 2.75) is 25.6 Å². The summed E-state index contributed by atoms with van der Waals surface area (Å²) in [6.07, 6.45) is -0.252. The summed E-state index contributed by atoms with van der Waals surface area (Å²) in [4.78, 5) is 8.05. The van der Waals surface area contributed by atoms with Crippen LogP contribution in [0.1, 0.15) is 18.1 Å². The van der Waals surface area contributed by atoms with Gasteiger partial charge in [-0.3, -0.25) is 0 Å². The van der Waals surface area contributed by atoms with E-state index in [0.717, 1.165) is 18.1 Å². The molecule has 126 valence electrons. The Labute approximate surface area is 140 Å². The third kappa shape index (κ3) is 3.46. The Hall–Kier alpha value is -2.28. The van der Waals surface area contributed by atoms with Gasteiger partial charge in [0.1, 0.15) is 5.75 Å². The van der Waals surface area contributed by atoms with Gasteiger partial charge < -0.3 is 9.47 Å². The molecule has 2 heterocycles. The zero-order valence-electron chi connectivity index (χ0n) is 12.5. The highest BCUT2D eigenvalue weighted by Crippen LogP contribution is 2.39. The molecule has 1 aliphatic rings. The quantitative estimate of drug-likeness (QED) is 0.790. The van der Waals surface area contributed by atoms with Crippen LogP contribution < -0.4 is 9.47 Å². The number of hydrogen-bond donors (Lipinski definition) is 0. The van der Waals surface area contributed by atoms with Crippen molar-refractivity contribution >= 4 is 17.7 Å². The average molecular weight is 357 g/mol. The van der Waals surface area contributed by atoms with Crippen LogP contribution in [0.3, 0.4) is 0 Å². The maximum absolute atomic E-state index is 12.8. The second-order valence-electron chi connectivity index (χ2n) is 5.09. The standard InChI is InChI=1S/C16H12ClF3N2O2/c1-2-9-7-21-15(22-8-9)24-13-6-12-10(5-11(13)17)3-4-14(23-12)16(18,19)20/h3-8,14H,2H2,1H3. The Bertz CT molecular complexity index is 776. The minimum absolute atomic E-state index is 0.0319. The molecule has 0 radical (unpaired) electrons. The van der Waals surface area contributed by atoms with Gasteiger partial charge in [-0.25, -0.2) is 9.97 Å². The van der Waals surface area contributed by atoms with Crippen LogP contribution in [0.5, 0.6) is 17.5 Å². The molecule has 3 rings (SSSR count). The second-order valence-corrected chi connectivity index (χ2v) is 5.50. The van der Waals surface area contributed by atoms with Crippen LogP contribution >= 0.6 is 11.6 Å². The maximum Gasteiger partial charge on any atom is 0.429 e. The fraction of sp³-hybridized carbons (Fsp3) is 0.250. The fourth-order valence-electron chi connectivity index (χ4n) is 2.08. The van der Waals surface area contributed by atoms with Gasteiger partial charge in [-0.1, -0.05) is 24.6 Å². The highest BCUT2D eigenvalue weighted by molar-refractivity contribution is 6.32. The molecule has 0 N–H and O–H groups in total. The van der Waals surface area contributed by atoms with Crippen LogP contribution in [-0.4, -0.2) is 22.2 Å². The van der Waals surface area contributed by atoms with E-state index in [-0.39, 0.29) is 22.5 Å². The highest BCUT2D eigenvalue weighted by Gasteiger charge is 2.41. The van der Waals surface area contributed by atoms with Gasteiger partial charge in [-0.05, 0) is 24.1 Å². The van der Waals surface area contributed by atoms with E-state index in [4.69, 9.17) is 21.1 Å². The molecule has 0 spiro atoms. The number of fused-ring (bicyclic) bond motifs is 1. The number of benzene rings is 1. The summed E-state index contributed by atoms with van der Waals surface area (Å²) in [5.41, 5.74) is 1.37. The van der Waals surface area contributed by atoms with E-state index in [9.17, 15) is 13.2 Å². The van der Waals surface area contributed by atoms with Crippen LogP contribution in [0, 0.1) is 0 Å². The molecule has 0 amide bonds. The number of ether oxygens (including phenoxy) is 2. The third-order valence-electron chi connectivity index (χ3n) is 3.38. The lowest BCUT2D eigenvalue weighted by atomic mass is 10.1. The van der Waals surface area contributed by atoms with Gasteiger partial charge in [0.15, 0.2) is 5.75 Å². The molecule has 2 aromatic rings. The number of halogens is 4. The molecule has 0 fully saturated rings. The normalized spacial score (nSPS) is 16.5. The van der Waals surface area contributed by atoms with Crippen LogP contribution in [0.25, 0.3) is 6.08 Å². The average Bonchev–Trinajstić information content (AvgIpc) is 2.55. The Morgan fingerprint density at radius 3 is 2.58 bits per heavy atom. The first-order valence-corrected chi connectivity index (χ1v) is 7.48. The van der Waals surface area contributed by atoms with Gasteiger partial charge in [0, 0.05) is 24.0 Å². The Morgan fingerprint density at radius 2 is 1.96 bits per heavy atom. The largest absolute Gasteiger partial charge is 0.476 e. The molecule has 0 saturated carbocycles. The van der Waals surface area contributed by atoms with Gasteiger partial charge >= 0.3 is 12.2 Å². The van der Waals surface area contributed by atoms with E-state index in [0.29, 0.717) is 5.56 Å². The summed E-state index contributed by atoms with van der Waals surface area (Å²) in [6, 6.07) is 2.82. The smallest absolute Gasteiger partial charge is 0.429 e. The van der Waals surface area contributed by atoms with Crippen molar-refractivity contribution in [1.82, 2.24) is 9.97 Å². The number of nitrogens with zero attached hydrogens (tertiary/aromatic N) is 2. The minimum Gasteiger partial charge on any atom is -0.476 e. The number of hydrogen-bond acceptors (Lipinski definition) is 4. The summed E-state index contributed by atoms with van der Waals surface area (Å²) in [6.45, 7) is 1.96. The number of aromatic nitrogens is 2. The first-order chi connectivity index (χ1) is 11.4. The monoisotopic (exact) mass is 356 g/mol. The fourth-order valence-corrected chi connectivity index (χ4v) is 2.29. The van der Waals surface area contributed by atoms with E-state index in [1.54, 1.807) is 12.4 Å². The zero-order valence-corrected chi connectivity index (χ0v) is 13.2. The first kappa shape index (κ1) is 16.6. The number of alkyl halides is 3. The molecule has 4 nitrogen and oxygen atoms in total. The molecule has 1 unspecified atom stereocenters. The summed E-state index contributed by atoms with van der Waals surface area (Å²) >= 11 is 6.10. The van der Waals surface area contributed by atoms with Gasteiger partial charge in [-0.2, -0.15) is 13.2 Å². The first-order valence-electron chi connectivity index (χ1n) is 7.10. The van der Waals surface area contributed by atoms with E-state index in [1.165, 1.54) is 18.2 Å². The van der Waals surface area contributed by atoms with Crippen LogP contribution in [0.15, 0.2) is 30.6 Å². The second kappa shape index (κ2) is 6.32. The topological polar surface area (TPSA) is 44.2 Å². The van der Waals surface area contributed by atoms with Gasteiger partial charge in [0.05, 0.1) is 5.02 Å². The third-order valence-corrected chi connectivity index (χ3v) is 3.68. The number of aryl methyl sites for hydroxylation is 1. The Morgan fingerprint density at radius 1 is 1.25 bits per heavy atom. The molecule has 24 heavy (non-hydrogen) atoms. The summed E-state index contributed by atoms with van der Waals surface area (Å²) < 4.78 is 48.8. The molecule has 1 atom stereocenters. The molecule has 8 heteroatoms. The molecule has 1 aliphatic heterocycles. The van der Waals surface area contributed by atoms with Gasteiger partial charge in [0.2, 0.25) is 6.10 Å². The van der Waals surface area contributed by atoms with Gasteiger partial charge in [-0.15, -0.1) is 0 Å². The summed E-state index contributed by atoms with van der Waals surface area (Å²) in [5, 5.41) is 0.218. The summed E-state index contributed by atoms with van der Waals surface area (Å²) in [5.74, 6) is 0.153. The molecule has 0 bridgehead atoms. The lowest BCUT2D eigenvalue weighted by molar-refractivity contribution is -0.180. The molecule has 1 aromatic carbocycles.